The number of aromatic nitrogens is 2. The summed E-state index contributed by atoms with van der Waals surface area (Å²) in [4.78, 5) is 19.8. The standard InChI is InChI=1S/C16H17N3O2/c20-15(14-10-17-7-8-18-14)19-11-16(21)6-5-12-3-1-2-4-13(12)9-16/h1-4,7-8,10,21H,5-6,9,11H2,(H,19,20). The summed E-state index contributed by atoms with van der Waals surface area (Å²) in [5.74, 6) is -0.310. The molecule has 2 N–H and O–H groups in total. The number of nitrogens with zero attached hydrogens (tertiary/aromatic N) is 2. The molecule has 5 nitrogen and oxygen atoms in total. The number of aryl methyl sites for hydroxylation is 1. The average Bonchev–Trinajstić information content (AvgIpc) is 2.53. The van der Waals surface area contributed by atoms with E-state index in [1.54, 1.807) is 0 Å². The summed E-state index contributed by atoms with van der Waals surface area (Å²) in [7, 11) is 0. The first-order valence-electron chi connectivity index (χ1n) is 7.00. The molecule has 108 valence electrons. The van der Waals surface area contributed by atoms with Crippen LogP contribution in [0.25, 0.3) is 0 Å². The molecule has 1 aliphatic rings. The van der Waals surface area contributed by atoms with Crippen LogP contribution in [0.2, 0.25) is 0 Å². The molecule has 0 aliphatic heterocycles. The second-order valence-corrected chi connectivity index (χ2v) is 5.44. The third-order valence-electron chi connectivity index (χ3n) is 3.87. The molecular formula is C16H17N3O2. The number of carbonyl (C=O) groups excluding carboxylic acids is 1. The quantitative estimate of drug-likeness (QED) is 0.885. The lowest BCUT2D eigenvalue weighted by Gasteiger charge is -2.33. The maximum Gasteiger partial charge on any atom is 0.271 e. The maximum absolute atomic E-state index is 12.0. The predicted octanol–water partition coefficient (Wildman–Crippen LogP) is 1.13. The lowest BCUT2D eigenvalue weighted by molar-refractivity contribution is 0.0259. The Morgan fingerprint density at radius 3 is 2.86 bits per heavy atom. The number of nitrogens with one attached hydrogen (secondary N) is 1. The fraction of sp³-hybridized carbons (Fsp3) is 0.312. The van der Waals surface area contributed by atoms with Crippen molar-refractivity contribution >= 4 is 5.91 Å². The molecule has 1 heterocycles. The Balaban J connectivity index is 1.65. The van der Waals surface area contributed by atoms with Gasteiger partial charge in [-0.2, -0.15) is 0 Å². The zero-order chi connectivity index (χ0) is 14.7. The van der Waals surface area contributed by atoms with Crippen molar-refractivity contribution in [2.75, 3.05) is 6.54 Å². The van der Waals surface area contributed by atoms with Crippen molar-refractivity contribution in [1.82, 2.24) is 15.3 Å². The van der Waals surface area contributed by atoms with Crippen LogP contribution in [0, 0.1) is 0 Å². The van der Waals surface area contributed by atoms with E-state index in [9.17, 15) is 9.90 Å². The molecule has 0 saturated heterocycles. The molecule has 0 fully saturated rings. The van der Waals surface area contributed by atoms with Crippen molar-refractivity contribution in [3.05, 3.63) is 59.7 Å². The van der Waals surface area contributed by atoms with Gasteiger partial charge in [0.05, 0.1) is 11.8 Å². The monoisotopic (exact) mass is 283 g/mol. The van der Waals surface area contributed by atoms with Crippen LogP contribution in [-0.4, -0.2) is 33.1 Å². The molecule has 2 aromatic rings. The van der Waals surface area contributed by atoms with Crippen LogP contribution in [0.4, 0.5) is 0 Å². The molecule has 0 spiro atoms. The largest absolute Gasteiger partial charge is 0.388 e. The summed E-state index contributed by atoms with van der Waals surface area (Å²) in [6.07, 6.45) is 6.43. The fourth-order valence-electron chi connectivity index (χ4n) is 2.69. The van der Waals surface area contributed by atoms with E-state index in [0.717, 1.165) is 12.0 Å². The van der Waals surface area contributed by atoms with E-state index in [-0.39, 0.29) is 18.1 Å². The van der Waals surface area contributed by atoms with Crippen LogP contribution in [0.3, 0.4) is 0 Å². The summed E-state index contributed by atoms with van der Waals surface area (Å²) in [5.41, 5.74) is 1.80. The number of fused-ring (bicyclic) bond motifs is 1. The fourth-order valence-corrected chi connectivity index (χ4v) is 2.69. The van der Waals surface area contributed by atoms with Crippen molar-refractivity contribution in [3.8, 4) is 0 Å². The predicted molar refractivity (Wildman–Crippen MR) is 77.8 cm³/mol. The Morgan fingerprint density at radius 2 is 2.10 bits per heavy atom. The first kappa shape index (κ1) is 13.7. The second kappa shape index (κ2) is 5.61. The lowest BCUT2D eigenvalue weighted by Crippen LogP contribution is -2.46. The first-order chi connectivity index (χ1) is 10.2. The molecule has 0 bridgehead atoms. The minimum Gasteiger partial charge on any atom is -0.388 e. The van der Waals surface area contributed by atoms with Crippen LogP contribution in [-0.2, 0) is 12.8 Å². The Hall–Kier alpha value is -2.27. The number of hydrogen-bond donors (Lipinski definition) is 2. The van der Waals surface area contributed by atoms with Crippen LogP contribution in [0.1, 0.15) is 28.0 Å². The first-order valence-corrected chi connectivity index (χ1v) is 7.00. The summed E-state index contributed by atoms with van der Waals surface area (Å²) in [6, 6.07) is 8.11. The van der Waals surface area contributed by atoms with E-state index in [1.807, 2.05) is 18.2 Å². The van der Waals surface area contributed by atoms with Crippen LogP contribution in [0.15, 0.2) is 42.9 Å². The summed E-state index contributed by atoms with van der Waals surface area (Å²) >= 11 is 0. The third kappa shape index (κ3) is 3.08. The van der Waals surface area contributed by atoms with Gasteiger partial charge < -0.3 is 10.4 Å². The van der Waals surface area contributed by atoms with Gasteiger partial charge in [-0.05, 0) is 24.0 Å². The van der Waals surface area contributed by atoms with Gasteiger partial charge in [-0.25, -0.2) is 4.98 Å². The number of benzene rings is 1. The van der Waals surface area contributed by atoms with Crippen LogP contribution < -0.4 is 5.32 Å². The molecule has 1 aromatic carbocycles. The van der Waals surface area contributed by atoms with E-state index in [0.29, 0.717) is 12.8 Å². The number of hydrogen-bond acceptors (Lipinski definition) is 4. The number of carbonyl (C=O) groups is 1. The van der Waals surface area contributed by atoms with Gasteiger partial charge in [0, 0.05) is 25.4 Å². The molecule has 1 aliphatic carbocycles. The van der Waals surface area contributed by atoms with Crippen molar-refractivity contribution in [2.24, 2.45) is 0 Å². The van der Waals surface area contributed by atoms with E-state index in [2.05, 4.69) is 21.4 Å². The molecular weight excluding hydrogens is 266 g/mol. The van der Waals surface area contributed by atoms with E-state index in [4.69, 9.17) is 0 Å². The molecule has 1 unspecified atom stereocenters. The van der Waals surface area contributed by atoms with E-state index < -0.39 is 5.60 Å². The minimum atomic E-state index is -0.897. The molecule has 1 atom stereocenters. The summed E-state index contributed by atoms with van der Waals surface area (Å²) in [5, 5.41) is 13.4. The molecule has 21 heavy (non-hydrogen) atoms. The topological polar surface area (TPSA) is 75.1 Å². The Morgan fingerprint density at radius 1 is 1.29 bits per heavy atom. The van der Waals surface area contributed by atoms with Crippen molar-refractivity contribution in [2.45, 2.75) is 24.9 Å². The summed E-state index contributed by atoms with van der Waals surface area (Å²) in [6.45, 7) is 0.219. The zero-order valence-corrected chi connectivity index (χ0v) is 11.6. The van der Waals surface area contributed by atoms with Gasteiger partial charge in [-0.15, -0.1) is 0 Å². The van der Waals surface area contributed by atoms with Crippen molar-refractivity contribution in [1.29, 1.82) is 0 Å². The van der Waals surface area contributed by atoms with E-state index in [1.165, 1.54) is 24.2 Å². The third-order valence-corrected chi connectivity index (χ3v) is 3.87. The number of amides is 1. The highest BCUT2D eigenvalue weighted by Crippen LogP contribution is 2.28. The van der Waals surface area contributed by atoms with Gasteiger partial charge >= 0.3 is 0 Å². The summed E-state index contributed by atoms with van der Waals surface area (Å²) < 4.78 is 0. The highest BCUT2D eigenvalue weighted by Gasteiger charge is 2.32. The van der Waals surface area contributed by atoms with Gasteiger partial charge in [0.25, 0.3) is 5.91 Å². The number of aliphatic hydroxyl groups is 1. The molecule has 0 radical (unpaired) electrons. The van der Waals surface area contributed by atoms with Gasteiger partial charge in [-0.1, -0.05) is 24.3 Å². The van der Waals surface area contributed by atoms with Gasteiger partial charge in [0.2, 0.25) is 0 Å². The average molecular weight is 283 g/mol. The SMILES string of the molecule is O=C(NCC1(O)CCc2ccccc2C1)c1cnccn1. The smallest absolute Gasteiger partial charge is 0.271 e. The van der Waals surface area contributed by atoms with Crippen molar-refractivity contribution in [3.63, 3.8) is 0 Å². The van der Waals surface area contributed by atoms with Crippen LogP contribution >= 0.6 is 0 Å². The normalized spacial score (nSPS) is 20.6. The Bertz CT molecular complexity index is 645. The molecule has 3 rings (SSSR count). The van der Waals surface area contributed by atoms with Gasteiger partial charge in [-0.3, -0.25) is 9.78 Å². The lowest BCUT2D eigenvalue weighted by atomic mass is 9.80. The van der Waals surface area contributed by atoms with Gasteiger partial charge in [0.15, 0.2) is 0 Å². The number of rotatable bonds is 3. The molecule has 5 heteroatoms. The zero-order valence-electron chi connectivity index (χ0n) is 11.6. The highest BCUT2D eigenvalue weighted by atomic mass is 16.3. The minimum absolute atomic E-state index is 0.219. The highest BCUT2D eigenvalue weighted by molar-refractivity contribution is 5.91. The second-order valence-electron chi connectivity index (χ2n) is 5.44. The molecule has 1 aromatic heterocycles. The maximum atomic E-state index is 12.0. The Labute approximate surface area is 123 Å². The van der Waals surface area contributed by atoms with E-state index >= 15 is 0 Å². The molecule has 1 amide bonds. The van der Waals surface area contributed by atoms with Crippen molar-refractivity contribution < 1.29 is 9.90 Å². The van der Waals surface area contributed by atoms with Crippen LogP contribution in [0.5, 0.6) is 0 Å². The van der Waals surface area contributed by atoms with Gasteiger partial charge in [0.1, 0.15) is 5.69 Å². The molecule has 0 saturated carbocycles. The Kier molecular flexibility index (Phi) is 3.66.